The van der Waals surface area contributed by atoms with Crippen LogP contribution >= 0.6 is 0 Å². The average Bonchev–Trinajstić information content (AvgIpc) is 3.37. The molecule has 160 valence electrons. The van der Waals surface area contributed by atoms with E-state index in [9.17, 15) is 14.4 Å². The van der Waals surface area contributed by atoms with Gasteiger partial charge in [-0.3, -0.25) is 19.1 Å². The van der Waals surface area contributed by atoms with Crippen LogP contribution in [0.3, 0.4) is 0 Å². The molecule has 8 nitrogen and oxygen atoms in total. The van der Waals surface area contributed by atoms with E-state index in [1.807, 2.05) is 30.3 Å². The topological polar surface area (TPSA) is 110 Å². The number of aromatic nitrogens is 2. The summed E-state index contributed by atoms with van der Waals surface area (Å²) in [5.74, 6) is 0.759. The highest BCUT2D eigenvalue weighted by molar-refractivity contribution is 5.97. The average molecular weight is 412 g/mol. The molecule has 3 atom stereocenters. The fourth-order valence-electron chi connectivity index (χ4n) is 5.02. The molecular weight excluding hydrogens is 384 g/mol. The second-order valence-corrected chi connectivity index (χ2v) is 8.33. The molecule has 0 aliphatic heterocycles. The van der Waals surface area contributed by atoms with Crippen molar-refractivity contribution in [1.29, 1.82) is 0 Å². The highest BCUT2D eigenvalue weighted by Gasteiger charge is 2.45. The number of hydrogen-bond acceptors (Lipinski definition) is 5. The Balaban J connectivity index is 1.72. The highest BCUT2D eigenvalue weighted by Crippen LogP contribution is 2.49. The lowest BCUT2D eigenvalue weighted by molar-refractivity contribution is -0.124. The van der Waals surface area contributed by atoms with Crippen LogP contribution in [0, 0.1) is 17.8 Å². The molecule has 2 aliphatic rings. The van der Waals surface area contributed by atoms with E-state index in [0.717, 1.165) is 24.8 Å². The predicted octanol–water partition coefficient (Wildman–Crippen LogP) is 1.58. The SMILES string of the molecule is COCCN(C(=O)C1CC2CCC1C2)c1c(N)n(Cc2ccccc2)c(=O)[nH]c1=O. The third-order valence-electron chi connectivity index (χ3n) is 6.51. The van der Waals surface area contributed by atoms with Gasteiger partial charge < -0.3 is 15.4 Å². The number of nitrogens with zero attached hydrogens (tertiary/aromatic N) is 2. The first-order valence-electron chi connectivity index (χ1n) is 10.5. The Morgan fingerprint density at radius 3 is 2.63 bits per heavy atom. The molecule has 0 saturated heterocycles. The van der Waals surface area contributed by atoms with Crippen molar-refractivity contribution in [2.45, 2.75) is 32.2 Å². The maximum atomic E-state index is 13.5. The molecule has 2 fully saturated rings. The maximum Gasteiger partial charge on any atom is 0.330 e. The second-order valence-electron chi connectivity index (χ2n) is 8.33. The maximum absolute atomic E-state index is 13.5. The molecule has 4 rings (SSSR count). The lowest BCUT2D eigenvalue weighted by Crippen LogP contribution is -2.45. The normalized spacial score (nSPS) is 22.4. The Morgan fingerprint density at radius 1 is 1.23 bits per heavy atom. The Kier molecular flexibility index (Phi) is 5.76. The zero-order chi connectivity index (χ0) is 21.3. The molecule has 3 N–H and O–H groups in total. The molecule has 1 heterocycles. The van der Waals surface area contributed by atoms with Gasteiger partial charge in [0.1, 0.15) is 5.82 Å². The third kappa shape index (κ3) is 3.79. The van der Waals surface area contributed by atoms with Gasteiger partial charge in [-0.15, -0.1) is 0 Å². The Labute approximate surface area is 174 Å². The number of nitrogens with two attached hydrogens (primary N) is 1. The monoisotopic (exact) mass is 412 g/mol. The van der Waals surface area contributed by atoms with Crippen LogP contribution in [0.4, 0.5) is 11.5 Å². The van der Waals surface area contributed by atoms with Gasteiger partial charge in [0.05, 0.1) is 13.2 Å². The molecule has 0 radical (unpaired) electrons. The van der Waals surface area contributed by atoms with Crippen molar-refractivity contribution >= 4 is 17.4 Å². The van der Waals surface area contributed by atoms with E-state index in [4.69, 9.17) is 10.5 Å². The van der Waals surface area contributed by atoms with E-state index >= 15 is 0 Å². The van der Waals surface area contributed by atoms with Gasteiger partial charge in [-0.25, -0.2) is 4.79 Å². The van der Waals surface area contributed by atoms with Crippen LogP contribution in [0.25, 0.3) is 0 Å². The summed E-state index contributed by atoms with van der Waals surface area (Å²) in [6.07, 6.45) is 4.16. The van der Waals surface area contributed by atoms with Crippen molar-refractivity contribution in [3.8, 4) is 0 Å². The Bertz CT molecular complexity index is 1030. The van der Waals surface area contributed by atoms with Gasteiger partial charge in [-0.1, -0.05) is 36.8 Å². The van der Waals surface area contributed by atoms with Gasteiger partial charge in [0.25, 0.3) is 5.56 Å². The van der Waals surface area contributed by atoms with Crippen LogP contribution in [0.5, 0.6) is 0 Å². The number of H-pyrrole nitrogens is 1. The van der Waals surface area contributed by atoms with Crippen LogP contribution in [0.15, 0.2) is 39.9 Å². The van der Waals surface area contributed by atoms with Gasteiger partial charge >= 0.3 is 5.69 Å². The number of carbonyl (C=O) groups is 1. The van der Waals surface area contributed by atoms with Crippen molar-refractivity contribution < 1.29 is 9.53 Å². The third-order valence-corrected chi connectivity index (χ3v) is 6.51. The molecule has 3 unspecified atom stereocenters. The number of nitrogens with one attached hydrogen (secondary N) is 1. The summed E-state index contributed by atoms with van der Waals surface area (Å²) in [6, 6.07) is 9.37. The molecule has 2 aromatic rings. The zero-order valence-corrected chi connectivity index (χ0v) is 17.2. The number of fused-ring (bicyclic) bond motifs is 2. The first-order chi connectivity index (χ1) is 14.5. The lowest BCUT2D eigenvalue weighted by Gasteiger charge is -2.30. The minimum absolute atomic E-state index is 0.000197. The molecule has 1 aromatic carbocycles. The number of nitrogen functional groups attached to an aromatic ring is 1. The second kappa shape index (κ2) is 8.47. The van der Waals surface area contributed by atoms with Gasteiger partial charge in [0.2, 0.25) is 5.91 Å². The number of benzene rings is 1. The number of hydrogen-bond donors (Lipinski definition) is 2. The summed E-state index contributed by atoms with van der Waals surface area (Å²) in [4.78, 5) is 42.5. The number of carbonyl (C=O) groups excluding carboxylic acids is 1. The van der Waals surface area contributed by atoms with Crippen molar-refractivity contribution in [2.24, 2.45) is 17.8 Å². The number of ether oxygens (including phenoxy) is 1. The summed E-state index contributed by atoms with van der Waals surface area (Å²) in [6.45, 7) is 0.680. The minimum Gasteiger partial charge on any atom is -0.383 e. The van der Waals surface area contributed by atoms with Crippen molar-refractivity contribution in [1.82, 2.24) is 9.55 Å². The van der Waals surface area contributed by atoms with Crippen molar-refractivity contribution in [2.75, 3.05) is 30.9 Å². The minimum atomic E-state index is -0.644. The number of rotatable bonds is 7. The molecule has 8 heteroatoms. The lowest BCUT2D eigenvalue weighted by atomic mass is 9.87. The van der Waals surface area contributed by atoms with Gasteiger partial charge in [0, 0.05) is 19.6 Å². The van der Waals surface area contributed by atoms with E-state index in [-0.39, 0.29) is 43.0 Å². The fourth-order valence-corrected chi connectivity index (χ4v) is 5.02. The molecule has 2 bridgehead atoms. The van der Waals surface area contributed by atoms with Crippen molar-refractivity contribution in [3.05, 3.63) is 56.7 Å². The highest BCUT2D eigenvalue weighted by atomic mass is 16.5. The summed E-state index contributed by atoms with van der Waals surface area (Å²) < 4.78 is 6.49. The molecule has 30 heavy (non-hydrogen) atoms. The Hall–Kier alpha value is -2.87. The quantitative estimate of drug-likeness (QED) is 0.717. The van der Waals surface area contributed by atoms with Crippen molar-refractivity contribution in [3.63, 3.8) is 0 Å². The van der Waals surface area contributed by atoms with E-state index in [0.29, 0.717) is 11.8 Å². The first kappa shape index (κ1) is 20.4. The van der Waals surface area contributed by atoms with Crippen LogP contribution in [0.1, 0.15) is 31.2 Å². The van der Waals surface area contributed by atoms with Crippen LogP contribution in [-0.4, -0.2) is 35.7 Å². The number of amides is 1. The van der Waals surface area contributed by atoms with Crippen LogP contribution in [0.2, 0.25) is 0 Å². The summed E-state index contributed by atoms with van der Waals surface area (Å²) in [5, 5.41) is 0. The number of methoxy groups -OCH3 is 1. The molecule has 0 spiro atoms. The van der Waals surface area contributed by atoms with E-state index < -0.39 is 11.2 Å². The predicted molar refractivity (Wildman–Crippen MR) is 114 cm³/mol. The van der Waals surface area contributed by atoms with E-state index in [2.05, 4.69) is 4.98 Å². The first-order valence-corrected chi connectivity index (χ1v) is 10.5. The summed E-state index contributed by atoms with van der Waals surface area (Å²) >= 11 is 0. The van der Waals surface area contributed by atoms with E-state index in [1.165, 1.54) is 15.9 Å². The Morgan fingerprint density at radius 2 is 2.00 bits per heavy atom. The zero-order valence-electron chi connectivity index (χ0n) is 17.2. The standard InChI is InChI=1S/C22H28N4O4/c1-30-10-9-25(21(28)17-12-15-7-8-16(17)11-15)18-19(23)26(22(29)24-20(18)27)13-14-5-3-2-4-6-14/h2-6,15-17H,7-13,23H2,1H3,(H,24,27,29). The van der Waals surface area contributed by atoms with E-state index in [1.54, 1.807) is 7.11 Å². The summed E-state index contributed by atoms with van der Waals surface area (Å²) in [5.41, 5.74) is 5.99. The molecule has 2 aliphatic carbocycles. The largest absolute Gasteiger partial charge is 0.383 e. The number of aromatic amines is 1. The van der Waals surface area contributed by atoms with Gasteiger partial charge in [0.15, 0.2) is 5.69 Å². The molecule has 1 amide bonds. The van der Waals surface area contributed by atoms with Gasteiger partial charge in [-0.05, 0) is 36.7 Å². The number of anilines is 2. The molecular formula is C22H28N4O4. The van der Waals surface area contributed by atoms with Gasteiger partial charge in [-0.2, -0.15) is 0 Å². The fraction of sp³-hybridized carbons (Fsp3) is 0.500. The summed E-state index contributed by atoms with van der Waals surface area (Å²) in [7, 11) is 1.55. The van der Waals surface area contributed by atoms with Crippen LogP contribution in [-0.2, 0) is 16.1 Å². The van der Waals surface area contributed by atoms with Crippen LogP contribution < -0.4 is 21.9 Å². The smallest absolute Gasteiger partial charge is 0.330 e. The molecule has 2 saturated carbocycles. The molecule has 1 aromatic heterocycles.